The van der Waals surface area contributed by atoms with Gasteiger partial charge in [-0.2, -0.15) is 0 Å². The fourth-order valence-electron chi connectivity index (χ4n) is 1.97. The number of rotatable bonds is 4. The molecule has 3 nitrogen and oxygen atoms in total. The molecular formula is C16H16FNO2. The van der Waals surface area contributed by atoms with Gasteiger partial charge < -0.3 is 4.74 Å². The molecule has 0 bridgehead atoms. The lowest BCUT2D eigenvalue weighted by Gasteiger charge is -2.09. The van der Waals surface area contributed by atoms with Crippen molar-refractivity contribution < 1.29 is 13.9 Å². The summed E-state index contributed by atoms with van der Waals surface area (Å²) < 4.78 is 18.2. The molecule has 1 aromatic heterocycles. The maximum Gasteiger partial charge on any atom is 0.339 e. The minimum Gasteiger partial charge on any atom is -0.462 e. The van der Waals surface area contributed by atoms with Crippen LogP contribution in [0.5, 0.6) is 0 Å². The molecule has 1 heterocycles. The number of esters is 1. The van der Waals surface area contributed by atoms with Gasteiger partial charge in [-0.25, -0.2) is 9.18 Å². The number of ether oxygens (including phenoxy) is 1. The SMILES string of the molecule is CCOC(=O)c1ccc(-c2cccc(F)c2)nc1CC. The number of aryl methyl sites for hydroxylation is 1. The van der Waals surface area contributed by atoms with Gasteiger partial charge in [0.1, 0.15) is 5.82 Å². The van der Waals surface area contributed by atoms with Crippen LogP contribution in [0.4, 0.5) is 4.39 Å². The summed E-state index contributed by atoms with van der Waals surface area (Å²) in [6.07, 6.45) is 0.608. The molecule has 0 fully saturated rings. The van der Waals surface area contributed by atoms with E-state index in [0.717, 1.165) is 0 Å². The number of benzene rings is 1. The van der Waals surface area contributed by atoms with Crippen molar-refractivity contribution in [3.8, 4) is 11.3 Å². The van der Waals surface area contributed by atoms with Gasteiger partial charge in [0.15, 0.2) is 0 Å². The van der Waals surface area contributed by atoms with E-state index in [1.807, 2.05) is 6.92 Å². The molecule has 0 saturated heterocycles. The minimum absolute atomic E-state index is 0.309. The Morgan fingerprint density at radius 3 is 2.70 bits per heavy atom. The van der Waals surface area contributed by atoms with Gasteiger partial charge in [0.05, 0.1) is 23.6 Å². The molecule has 1 aromatic carbocycles. The molecule has 0 aliphatic rings. The Bertz CT molecular complexity index is 626. The van der Waals surface area contributed by atoms with Crippen molar-refractivity contribution >= 4 is 5.97 Å². The van der Waals surface area contributed by atoms with Crippen LogP contribution < -0.4 is 0 Å². The number of carbonyl (C=O) groups is 1. The number of hydrogen-bond donors (Lipinski definition) is 0. The molecule has 0 N–H and O–H groups in total. The molecule has 0 radical (unpaired) electrons. The summed E-state index contributed by atoms with van der Waals surface area (Å²) in [6.45, 7) is 4.01. The fourth-order valence-corrected chi connectivity index (χ4v) is 1.97. The van der Waals surface area contributed by atoms with Gasteiger partial charge in [-0.3, -0.25) is 4.98 Å². The first-order valence-electron chi connectivity index (χ1n) is 6.58. The highest BCUT2D eigenvalue weighted by Crippen LogP contribution is 2.20. The second-order valence-electron chi connectivity index (χ2n) is 4.28. The van der Waals surface area contributed by atoms with Gasteiger partial charge in [0, 0.05) is 5.56 Å². The van der Waals surface area contributed by atoms with Crippen LogP contribution in [0, 0.1) is 5.82 Å². The Balaban J connectivity index is 2.41. The van der Waals surface area contributed by atoms with E-state index in [4.69, 9.17) is 4.74 Å². The molecule has 0 atom stereocenters. The highest BCUT2D eigenvalue weighted by molar-refractivity contribution is 5.91. The largest absolute Gasteiger partial charge is 0.462 e. The predicted molar refractivity (Wildman–Crippen MR) is 75.0 cm³/mol. The Labute approximate surface area is 117 Å². The van der Waals surface area contributed by atoms with Crippen molar-refractivity contribution in [2.45, 2.75) is 20.3 Å². The number of carbonyl (C=O) groups excluding carboxylic acids is 1. The van der Waals surface area contributed by atoms with Crippen LogP contribution in [0.15, 0.2) is 36.4 Å². The van der Waals surface area contributed by atoms with Crippen molar-refractivity contribution in [2.75, 3.05) is 6.61 Å². The molecule has 20 heavy (non-hydrogen) atoms. The van der Waals surface area contributed by atoms with E-state index >= 15 is 0 Å². The summed E-state index contributed by atoms with van der Waals surface area (Å²) in [6, 6.07) is 9.62. The van der Waals surface area contributed by atoms with E-state index in [0.29, 0.717) is 35.5 Å². The molecule has 0 amide bonds. The molecule has 4 heteroatoms. The van der Waals surface area contributed by atoms with Gasteiger partial charge in [0.25, 0.3) is 0 Å². The third-order valence-electron chi connectivity index (χ3n) is 2.92. The maximum absolute atomic E-state index is 13.2. The van der Waals surface area contributed by atoms with Gasteiger partial charge in [-0.05, 0) is 37.6 Å². The Morgan fingerprint density at radius 1 is 1.25 bits per heavy atom. The summed E-state index contributed by atoms with van der Waals surface area (Å²) in [5.74, 6) is -0.681. The lowest BCUT2D eigenvalue weighted by Crippen LogP contribution is -2.09. The zero-order valence-corrected chi connectivity index (χ0v) is 11.5. The van der Waals surface area contributed by atoms with Crippen LogP contribution in [-0.4, -0.2) is 17.6 Å². The van der Waals surface area contributed by atoms with Gasteiger partial charge >= 0.3 is 5.97 Å². The number of halogens is 1. The summed E-state index contributed by atoms with van der Waals surface area (Å²) >= 11 is 0. The zero-order valence-electron chi connectivity index (χ0n) is 11.5. The lowest BCUT2D eigenvalue weighted by atomic mass is 10.1. The first-order valence-corrected chi connectivity index (χ1v) is 6.58. The zero-order chi connectivity index (χ0) is 14.5. The molecular weight excluding hydrogens is 257 g/mol. The molecule has 0 unspecified atom stereocenters. The monoisotopic (exact) mass is 273 g/mol. The standard InChI is InChI=1S/C16H16FNO2/c1-3-14-13(16(19)20-4-2)8-9-15(18-14)11-6-5-7-12(17)10-11/h5-10H,3-4H2,1-2H3. The molecule has 104 valence electrons. The quantitative estimate of drug-likeness (QED) is 0.798. The smallest absolute Gasteiger partial charge is 0.339 e. The Hall–Kier alpha value is -2.23. The first kappa shape index (κ1) is 14.2. The van der Waals surface area contributed by atoms with Crippen LogP contribution in [0.25, 0.3) is 11.3 Å². The van der Waals surface area contributed by atoms with Crippen molar-refractivity contribution in [1.82, 2.24) is 4.98 Å². The molecule has 0 aliphatic heterocycles. The number of hydrogen-bond acceptors (Lipinski definition) is 3. The molecule has 0 spiro atoms. The highest BCUT2D eigenvalue weighted by atomic mass is 19.1. The average Bonchev–Trinajstić information content (AvgIpc) is 2.46. The second kappa shape index (κ2) is 6.28. The summed E-state index contributed by atoms with van der Waals surface area (Å²) in [7, 11) is 0. The normalized spacial score (nSPS) is 10.3. The fraction of sp³-hybridized carbons (Fsp3) is 0.250. The van der Waals surface area contributed by atoms with Gasteiger partial charge in [-0.15, -0.1) is 0 Å². The Morgan fingerprint density at radius 2 is 2.05 bits per heavy atom. The van der Waals surface area contributed by atoms with Crippen LogP contribution in [-0.2, 0) is 11.2 Å². The van der Waals surface area contributed by atoms with Crippen molar-refractivity contribution in [3.63, 3.8) is 0 Å². The van der Waals surface area contributed by atoms with Gasteiger partial charge in [-0.1, -0.05) is 19.1 Å². The van der Waals surface area contributed by atoms with Gasteiger partial charge in [0.2, 0.25) is 0 Å². The maximum atomic E-state index is 13.2. The van der Waals surface area contributed by atoms with Crippen LogP contribution in [0.1, 0.15) is 29.9 Å². The van der Waals surface area contributed by atoms with E-state index in [2.05, 4.69) is 4.98 Å². The lowest BCUT2D eigenvalue weighted by molar-refractivity contribution is 0.0524. The number of pyridine rings is 1. The van der Waals surface area contributed by atoms with Crippen LogP contribution in [0.2, 0.25) is 0 Å². The number of nitrogens with zero attached hydrogens (tertiary/aromatic N) is 1. The van der Waals surface area contributed by atoms with E-state index in [-0.39, 0.29) is 11.8 Å². The Kier molecular flexibility index (Phi) is 4.45. The molecule has 2 rings (SSSR count). The third-order valence-corrected chi connectivity index (χ3v) is 2.92. The second-order valence-corrected chi connectivity index (χ2v) is 4.28. The third kappa shape index (κ3) is 3.02. The number of aromatic nitrogens is 1. The van der Waals surface area contributed by atoms with Crippen molar-refractivity contribution in [3.05, 3.63) is 53.5 Å². The summed E-state index contributed by atoms with van der Waals surface area (Å²) in [4.78, 5) is 16.2. The summed E-state index contributed by atoms with van der Waals surface area (Å²) in [5, 5.41) is 0. The van der Waals surface area contributed by atoms with Crippen LogP contribution in [0.3, 0.4) is 0 Å². The van der Waals surface area contributed by atoms with E-state index in [1.165, 1.54) is 12.1 Å². The van der Waals surface area contributed by atoms with Crippen LogP contribution >= 0.6 is 0 Å². The van der Waals surface area contributed by atoms with Crippen molar-refractivity contribution in [2.24, 2.45) is 0 Å². The molecule has 2 aromatic rings. The average molecular weight is 273 g/mol. The van der Waals surface area contributed by atoms with E-state index in [9.17, 15) is 9.18 Å². The summed E-state index contributed by atoms with van der Waals surface area (Å²) in [5.41, 5.74) is 2.46. The first-order chi connectivity index (χ1) is 9.65. The molecule has 0 aliphatic carbocycles. The van der Waals surface area contributed by atoms with E-state index in [1.54, 1.807) is 31.2 Å². The van der Waals surface area contributed by atoms with E-state index < -0.39 is 0 Å². The molecule has 0 saturated carbocycles. The van der Waals surface area contributed by atoms with Crippen molar-refractivity contribution in [1.29, 1.82) is 0 Å². The topological polar surface area (TPSA) is 39.2 Å². The minimum atomic E-state index is -0.373. The highest BCUT2D eigenvalue weighted by Gasteiger charge is 2.14. The predicted octanol–water partition coefficient (Wildman–Crippen LogP) is 3.63.